The number of allylic oxidation sites excluding steroid dienone is 4. The Morgan fingerprint density at radius 2 is 1.79 bits per heavy atom. The van der Waals surface area contributed by atoms with Crippen LogP contribution in [-0.2, 0) is 19.7 Å². The van der Waals surface area contributed by atoms with Crippen LogP contribution in [0.3, 0.4) is 0 Å². The van der Waals surface area contributed by atoms with Gasteiger partial charge in [-0.05, 0) is 0 Å². The van der Waals surface area contributed by atoms with Crippen molar-refractivity contribution in [3.63, 3.8) is 0 Å². The molecule has 0 saturated heterocycles. The third-order valence-electron chi connectivity index (χ3n) is 3.50. The van der Waals surface area contributed by atoms with Crippen molar-refractivity contribution in [2.24, 2.45) is 0 Å². The molecule has 1 atom stereocenters. The van der Waals surface area contributed by atoms with Crippen molar-refractivity contribution >= 4 is 39.0 Å². The van der Waals surface area contributed by atoms with E-state index in [9.17, 15) is 0 Å². The predicted octanol–water partition coefficient (Wildman–Crippen LogP) is 4.80. The van der Waals surface area contributed by atoms with Crippen LogP contribution in [-0.4, -0.2) is 7.63 Å². The first-order chi connectivity index (χ1) is 7.96. The number of halogens is 2. The van der Waals surface area contributed by atoms with E-state index in [1.165, 1.54) is 18.1 Å². The molecule has 0 spiro atoms. The van der Waals surface area contributed by atoms with Crippen LogP contribution in [0, 0.1) is 0 Å². The molecule has 0 fully saturated rings. The molecule has 1 aliphatic rings. The van der Waals surface area contributed by atoms with Gasteiger partial charge in [-0.3, -0.25) is 0 Å². The minimum absolute atomic E-state index is 0. The Hall–Kier alpha value is 0.641. The van der Waals surface area contributed by atoms with Crippen molar-refractivity contribution < 1.29 is 13.5 Å². The summed E-state index contributed by atoms with van der Waals surface area (Å²) in [6.45, 7) is 1.12. The second kappa shape index (κ2) is 7.59. The summed E-state index contributed by atoms with van der Waals surface area (Å²) in [5.41, 5.74) is 1.50. The molecule has 1 aromatic rings. The molecule has 1 aliphatic carbocycles. The van der Waals surface area contributed by atoms with E-state index < -0.39 is 13.5 Å². The molecule has 5 heteroatoms. The molecule has 0 nitrogen and oxygen atoms in total. The summed E-state index contributed by atoms with van der Waals surface area (Å²) in [7, 11) is 2.35. The molecule has 106 valence electrons. The third kappa shape index (κ3) is 5.50. The molecular weight excluding hydrogens is 346 g/mol. The molecule has 0 N–H and O–H groups in total. The molecule has 0 heterocycles. The fourth-order valence-corrected chi connectivity index (χ4v) is 13.6. The maximum absolute atomic E-state index is 2.59. The van der Waals surface area contributed by atoms with Gasteiger partial charge in [0.2, 0.25) is 0 Å². The topological polar surface area (TPSA) is 0 Å². The van der Waals surface area contributed by atoms with E-state index in [1.54, 1.807) is 3.88 Å². The van der Waals surface area contributed by atoms with Crippen LogP contribution in [0.1, 0.15) is 12.0 Å². The van der Waals surface area contributed by atoms with Gasteiger partial charge in [-0.2, -0.15) is 0 Å². The van der Waals surface area contributed by atoms with Gasteiger partial charge in [0.1, 0.15) is 0 Å². The van der Waals surface area contributed by atoms with Crippen molar-refractivity contribution in [1.29, 1.82) is 0 Å². The minimum atomic E-state index is -2.29. The number of rotatable bonds is 4. The van der Waals surface area contributed by atoms with E-state index in [0.717, 1.165) is 6.57 Å². The van der Waals surface area contributed by atoms with E-state index in [1.807, 2.05) is 0 Å². The molecule has 0 aliphatic heterocycles. The van der Waals surface area contributed by atoms with Gasteiger partial charge in [0.05, 0.1) is 0 Å². The molecule has 2 rings (SSSR count). The van der Waals surface area contributed by atoms with Gasteiger partial charge in [0, 0.05) is 0 Å². The Morgan fingerprint density at radius 1 is 1.16 bits per heavy atom. The van der Waals surface area contributed by atoms with Gasteiger partial charge < -0.3 is 0 Å². The molecule has 0 radical (unpaired) electrons. The molecule has 0 amide bonds. The van der Waals surface area contributed by atoms with Gasteiger partial charge in [-0.15, -0.1) is 24.8 Å². The van der Waals surface area contributed by atoms with Crippen LogP contribution in [0.2, 0.25) is 10.5 Å². The van der Waals surface area contributed by atoms with Crippen LogP contribution >= 0.6 is 31.4 Å². The van der Waals surface area contributed by atoms with E-state index >= 15 is 0 Å². The van der Waals surface area contributed by atoms with E-state index in [-0.39, 0.29) is 24.8 Å². The summed E-state index contributed by atoms with van der Waals surface area (Å²) < 4.78 is 1.77. The SMILES string of the molecule is Cl.Cl.[CH3][Ti]([CH3])(=[SiH2])([PH]Cc1ccccc1)[C]1=CC=CC1. The zero-order valence-corrected chi connectivity index (χ0v) is 17.2. The first-order valence-corrected chi connectivity index (χ1v) is 17.7. The quantitative estimate of drug-likeness (QED) is 0.528. The second-order valence-electron chi connectivity index (χ2n) is 5.85. The summed E-state index contributed by atoms with van der Waals surface area (Å²) in [5, 5.41) is 5.19. The first-order valence-electron chi connectivity index (χ1n) is 6.19. The maximum atomic E-state index is 2.59. The summed E-state index contributed by atoms with van der Waals surface area (Å²) in [4.78, 5) is 0. The van der Waals surface area contributed by atoms with Crippen LogP contribution in [0.5, 0.6) is 0 Å². The van der Waals surface area contributed by atoms with Crippen LogP contribution in [0.15, 0.2) is 52.4 Å². The number of hydrogen-bond acceptors (Lipinski definition) is 0. The fourth-order valence-electron chi connectivity index (χ4n) is 2.14. The molecule has 1 unspecified atom stereocenters. The van der Waals surface area contributed by atoms with Gasteiger partial charge in [-0.1, -0.05) is 0 Å². The Balaban J connectivity index is 0.00000162. The van der Waals surface area contributed by atoms with E-state index in [4.69, 9.17) is 0 Å². The molecule has 0 saturated carbocycles. The summed E-state index contributed by atoms with van der Waals surface area (Å²) >= 11 is -2.29. The van der Waals surface area contributed by atoms with Gasteiger partial charge >= 0.3 is 109 Å². The van der Waals surface area contributed by atoms with Crippen molar-refractivity contribution in [2.75, 3.05) is 0 Å². The molecule has 0 aromatic heterocycles. The summed E-state index contributed by atoms with van der Waals surface area (Å²) in [6.07, 6.45) is 9.43. The van der Waals surface area contributed by atoms with Gasteiger partial charge in [0.25, 0.3) is 0 Å². The van der Waals surface area contributed by atoms with Crippen molar-refractivity contribution in [2.45, 2.75) is 23.0 Å². The normalized spacial score (nSPS) is 15.0. The Kier molecular flexibility index (Phi) is 7.85. The molecular formula is C14H23Cl2PSiTi. The van der Waals surface area contributed by atoms with Gasteiger partial charge in [0.15, 0.2) is 0 Å². The predicted molar refractivity (Wildman–Crippen MR) is 95.1 cm³/mol. The zero-order chi connectivity index (χ0) is 12.4. The van der Waals surface area contributed by atoms with E-state index in [2.05, 4.69) is 66.6 Å². The molecule has 1 aromatic carbocycles. The van der Waals surface area contributed by atoms with Crippen molar-refractivity contribution in [3.05, 3.63) is 58.0 Å². The summed E-state index contributed by atoms with van der Waals surface area (Å²) in [5.74, 6) is 0. The third-order valence-corrected chi connectivity index (χ3v) is 21.4. The molecule has 0 bridgehead atoms. The zero-order valence-electron chi connectivity index (χ0n) is 11.6. The van der Waals surface area contributed by atoms with Crippen LogP contribution in [0.25, 0.3) is 0 Å². The fraction of sp³-hybridized carbons (Fsp3) is 0.286. The Bertz CT molecular complexity index is 532. The summed E-state index contributed by atoms with van der Waals surface area (Å²) in [6, 6.07) is 10.9. The second-order valence-corrected chi connectivity index (χ2v) is 35.9. The van der Waals surface area contributed by atoms with Gasteiger partial charge in [-0.25, -0.2) is 0 Å². The molecule has 19 heavy (non-hydrogen) atoms. The Morgan fingerprint density at radius 3 is 2.32 bits per heavy atom. The Labute approximate surface area is 133 Å². The average Bonchev–Trinajstić information content (AvgIpc) is 2.82. The average molecular weight is 369 g/mol. The first kappa shape index (κ1) is 19.6. The van der Waals surface area contributed by atoms with Crippen molar-refractivity contribution in [1.82, 2.24) is 0 Å². The van der Waals surface area contributed by atoms with Crippen molar-refractivity contribution in [3.8, 4) is 0 Å². The van der Waals surface area contributed by atoms with E-state index in [0.29, 0.717) is 0 Å². The number of hydrogen-bond donors (Lipinski definition) is 0. The van der Waals surface area contributed by atoms with Crippen LogP contribution < -0.4 is 0 Å². The van der Waals surface area contributed by atoms with Crippen LogP contribution in [0.4, 0.5) is 0 Å². The number of benzene rings is 1. The standard InChI is InChI=1S/C7H8P.C5H5.2CH3.2ClH.H2Si.Ti/c8-6-7-4-2-1-3-5-7;1-2-4-5-3-1;;;;;;/h1-5,8H,6H2;1-3H,4H2;2*1H3;2*1H;1H2;/q-1;;;;;;;+1. The monoisotopic (exact) mass is 368 g/mol.